The highest BCUT2D eigenvalue weighted by molar-refractivity contribution is 14.1. The van der Waals surface area contributed by atoms with Crippen molar-refractivity contribution >= 4 is 49.9 Å². The number of aryl methyl sites for hydroxylation is 2. The van der Waals surface area contributed by atoms with Crippen LogP contribution in [-0.4, -0.2) is 5.11 Å². The minimum absolute atomic E-state index is 0.546. The van der Waals surface area contributed by atoms with E-state index in [2.05, 4.69) is 51.5 Å². The molecule has 0 aliphatic carbocycles. The van der Waals surface area contributed by atoms with E-state index < -0.39 is 6.10 Å². The number of rotatable bonds is 2. The molecule has 0 aliphatic rings. The fraction of sp³-hybridized carbons (Fsp3) is 0.231. The molecule has 17 heavy (non-hydrogen) atoms. The van der Waals surface area contributed by atoms with Crippen molar-refractivity contribution in [2.75, 3.05) is 0 Å². The third-order valence-corrected chi connectivity index (χ3v) is 6.10. The Bertz CT molecular complexity index is 550. The van der Waals surface area contributed by atoms with Crippen LogP contribution in [0.4, 0.5) is 0 Å². The van der Waals surface area contributed by atoms with Gasteiger partial charge in [0.05, 0.1) is 4.88 Å². The Morgan fingerprint density at radius 3 is 2.65 bits per heavy atom. The number of thiophene rings is 1. The van der Waals surface area contributed by atoms with E-state index in [1.54, 1.807) is 11.3 Å². The second kappa shape index (κ2) is 5.38. The van der Waals surface area contributed by atoms with Gasteiger partial charge in [0, 0.05) is 12.9 Å². The monoisotopic (exact) mass is 422 g/mol. The zero-order valence-corrected chi connectivity index (χ0v) is 14.1. The number of hydrogen-bond acceptors (Lipinski definition) is 2. The molecule has 0 radical (unpaired) electrons. The Morgan fingerprint density at radius 1 is 1.35 bits per heavy atom. The van der Waals surface area contributed by atoms with Gasteiger partial charge >= 0.3 is 0 Å². The maximum absolute atomic E-state index is 10.5. The van der Waals surface area contributed by atoms with Crippen LogP contribution in [0.15, 0.2) is 28.7 Å². The van der Waals surface area contributed by atoms with E-state index in [0.717, 1.165) is 18.5 Å². The van der Waals surface area contributed by atoms with Crippen LogP contribution in [-0.2, 0) is 0 Å². The lowest BCUT2D eigenvalue weighted by Gasteiger charge is -2.13. The van der Waals surface area contributed by atoms with Crippen LogP contribution >= 0.6 is 49.9 Å². The van der Waals surface area contributed by atoms with E-state index in [1.807, 2.05) is 25.1 Å². The van der Waals surface area contributed by atoms with Gasteiger partial charge in [-0.15, -0.1) is 11.3 Å². The maximum Gasteiger partial charge on any atom is 0.115 e. The standard InChI is InChI=1S/C13H12BrIOS/c1-7-4-3-5-9(11(7)15)12(16)13-10(14)6-8(2)17-13/h3-6,12,16H,1-2H3. The molecule has 0 aliphatic heterocycles. The summed E-state index contributed by atoms with van der Waals surface area (Å²) in [5.74, 6) is 0. The molecule has 0 saturated carbocycles. The summed E-state index contributed by atoms with van der Waals surface area (Å²) in [6.45, 7) is 4.11. The Labute approximate surface area is 127 Å². The molecular weight excluding hydrogens is 411 g/mol. The molecule has 2 aromatic rings. The second-order valence-corrected chi connectivity index (χ2v) is 7.17. The fourth-order valence-corrected chi connectivity index (χ4v) is 4.24. The first kappa shape index (κ1) is 13.5. The molecule has 1 aromatic heterocycles. The zero-order chi connectivity index (χ0) is 12.6. The number of aliphatic hydroxyl groups is 1. The predicted molar refractivity (Wildman–Crippen MR) is 84.7 cm³/mol. The summed E-state index contributed by atoms with van der Waals surface area (Å²) in [5, 5.41) is 10.5. The average molecular weight is 423 g/mol. The van der Waals surface area contributed by atoms with Gasteiger partial charge in [-0.05, 0) is 69.6 Å². The van der Waals surface area contributed by atoms with Gasteiger partial charge in [0.2, 0.25) is 0 Å². The van der Waals surface area contributed by atoms with E-state index in [1.165, 1.54) is 10.4 Å². The lowest BCUT2D eigenvalue weighted by molar-refractivity contribution is 0.222. The lowest BCUT2D eigenvalue weighted by atomic mass is 10.1. The number of halogens is 2. The number of benzene rings is 1. The van der Waals surface area contributed by atoms with E-state index in [0.29, 0.717) is 0 Å². The molecule has 2 rings (SSSR count). The summed E-state index contributed by atoms with van der Waals surface area (Å²) in [7, 11) is 0. The van der Waals surface area contributed by atoms with Crippen LogP contribution < -0.4 is 0 Å². The van der Waals surface area contributed by atoms with Crippen molar-refractivity contribution in [2.45, 2.75) is 20.0 Å². The molecule has 1 N–H and O–H groups in total. The van der Waals surface area contributed by atoms with Crippen LogP contribution in [0.5, 0.6) is 0 Å². The second-order valence-electron chi connectivity index (χ2n) is 3.95. The van der Waals surface area contributed by atoms with Crippen molar-refractivity contribution in [1.29, 1.82) is 0 Å². The van der Waals surface area contributed by atoms with Gasteiger partial charge < -0.3 is 5.11 Å². The fourth-order valence-electron chi connectivity index (χ4n) is 1.71. The van der Waals surface area contributed by atoms with Crippen molar-refractivity contribution in [3.8, 4) is 0 Å². The maximum atomic E-state index is 10.5. The average Bonchev–Trinajstić information content (AvgIpc) is 2.61. The molecule has 1 unspecified atom stereocenters. The quantitative estimate of drug-likeness (QED) is 0.688. The Hall–Kier alpha value is 0.0900. The van der Waals surface area contributed by atoms with Crippen molar-refractivity contribution in [2.24, 2.45) is 0 Å². The summed E-state index contributed by atoms with van der Waals surface area (Å²) in [6, 6.07) is 8.09. The van der Waals surface area contributed by atoms with Crippen molar-refractivity contribution in [3.63, 3.8) is 0 Å². The molecule has 1 heterocycles. The van der Waals surface area contributed by atoms with Gasteiger partial charge in [0.15, 0.2) is 0 Å². The first-order valence-corrected chi connectivity index (χ1v) is 7.88. The van der Waals surface area contributed by atoms with Crippen molar-refractivity contribution < 1.29 is 5.11 Å². The van der Waals surface area contributed by atoms with Gasteiger partial charge in [-0.2, -0.15) is 0 Å². The molecule has 1 atom stereocenters. The lowest BCUT2D eigenvalue weighted by Crippen LogP contribution is -2.01. The van der Waals surface area contributed by atoms with Crippen LogP contribution in [0.3, 0.4) is 0 Å². The highest BCUT2D eigenvalue weighted by Gasteiger charge is 2.19. The zero-order valence-electron chi connectivity index (χ0n) is 9.50. The molecule has 0 amide bonds. The molecule has 90 valence electrons. The first-order chi connectivity index (χ1) is 8.00. The largest absolute Gasteiger partial charge is 0.383 e. The molecular formula is C13H12BrIOS. The summed E-state index contributed by atoms with van der Waals surface area (Å²) in [5.41, 5.74) is 2.18. The Kier molecular flexibility index (Phi) is 4.28. The van der Waals surface area contributed by atoms with E-state index >= 15 is 0 Å². The number of hydrogen-bond donors (Lipinski definition) is 1. The topological polar surface area (TPSA) is 20.2 Å². The van der Waals surface area contributed by atoms with Gasteiger partial charge in [-0.25, -0.2) is 0 Å². The summed E-state index contributed by atoms with van der Waals surface area (Å²) < 4.78 is 2.13. The normalized spacial score (nSPS) is 12.8. The summed E-state index contributed by atoms with van der Waals surface area (Å²) in [6.07, 6.45) is -0.546. The van der Waals surface area contributed by atoms with Gasteiger partial charge in [0.25, 0.3) is 0 Å². The molecule has 0 bridgehead atoms. The van der Waals surface area contributed by atoms with Crippen molar-refractivity contribution in [1.82, 2.24) is 0 Å². The van der Waals surface area contributed by atoms with Crippen LogP contribution in [0.1, 0.15) is 27.0 Å². The SMILES string of the molecule is Cc1cc(Br)c(C(O)c2cccc(C)c2I)s1. The summed E-state index contributed by atoms with van der Waals surface area (Å²) in [4.78, 5) is 2.18. The number of aliphatic hydroxyl groups excluding tert-OH is 1. The molecule has 4 heteroatoms. The molecule has 0 saturated heterocycles. The smallest absolute Gasteiger partial charge is 0.115 e. The molecule has 1 aromatic carbocycles. The molecule has 0 spiro atoms. The van der Waals surface area contributed by atoms with E-state index in [-0.39, 0.29) is 0 Å². The third-order valence-electron chi connectivity index (χ3n) is 2.60. The van der Waals surface area contributed by atoms with Gasteiger partial charge in [-0.3, -0.25) is 0 Å². The van der Waals surface area contributed by atoms with Crippen LogP contribution in [0, 0.1) is 17.4 Å². The Morgan fingerprint density at radius 2 is 2.06 bits per heavy atom. The summed E-state index contributed by atoms with van der Waals surface area (Å²) >= 11 is 7.43. The highest BCUT2D eigenvalue weighted by atomic mass is 127. The minimum Gasteiger partial charge on any atom is -0.383 e. The predicted octanol–water partition coefficient (Wildman–Crippen LogP) is 4.81. The first-order valence-electron chi connectivity index (χ1n) is 5.19. The van der Waals surface area contributed by atoms with Crippen LogP contribution in [0.25, 0.3) is 0 Å². The third kappa shape index (κ3) is 2.75. The van der Waals surface area contributed by atoms with E-state index in [9.17, 15) is 5.11 Å². The Balaban J connectivity index is 2.47. The highest BCUT2D eigenvalue weighted by Crippen LogP contribution is 2.37. The molecule has 0 fully saturated rings. The molecule has 1 nitrogen and oxygen atoms in total. The van der Waals surface area contributed by atoms with Crippen molar-refractivity contribution in [3.05, 3.63) is 53.2 Å². The van der Waals surface area contributed by atoms with Crippen LogP contribution in [0.2, 0.25) is 0 Å². The van der Waals surface area contributed by atoms with Gasteiger partial charge in [0.1, 0.15) is 6.10 Å². The van der Waals surface area contributed by atoms with Gasteiger partial charge in [-0.1, -0.05) is 18.2 Å². The van der Waals surface area contributed by atoms with E-state index in [4.69, 9.17) is 0 Å². The minimum atomic E-state index is -0.546.